The molecule has 3 rings (SSSR count). The topological polar surface area (TPSA) is 75.9 Å². The zero-order valence-electron chi connectivity index (χ0n) is 14.6. The number of hydrogen-bond acceptors (Lipinski definition) is 5. The van der Waals surface area contributed by atoms with Gasteiger partial charge in [0.2, 0.25) is 0 Å². The molecular weight excluding hydrogens is 322 g/mol. The summed E-state index contributed by atoms with van der Waals surface area (Å²) < 4.78 is 5.64. The molecule has 0 N–H and O–H groups in total. The van der Waals surface area contributed by atoms with E-state index in [2.05, 4.69) is 0 Å². The highest BCUT2D eigenvalue weighted by Crippen LogP contribution is 2.32. The molecule has 2 heterocycles. The van der Waals surface area contributed by atoms with Gasteiger partial charge < -0.3 is 14.5 Å². The van der Waals surface area contributed by atoms with Gasteiger partial charge in [-0.15, -0.1) is 0 Å². The van der Waals surface area contributed by atoms with Gasteiger partial charge in [0.1, 0.15) is 5.69 Å². The van der Waals surface area contributed by atoms with Gasteiger partial charge >= 0.3 is 0 Å². The standard InChI is InChI=1S/C18H25N3O4/c1-2-25-15-6-5-11-20(13-15)18(22)14-7-8-16(17(12-14)21(23)24)19-9-3-4-10-19/h7-8,12,15H,2-6,9-11,13H2,1H3. The zero-order valence-corrected chi connectivity index (χ0v) is 14.6. The molecule has 2 fully saturated rings. The average molecular weight is 347 g/mol. The summed E-state index contributed by atoms with van der Waals surface area (Å²) in [5.41, 5.74) is 1.02. The van der Waals surface area contributed by atoms with E-state index >= 15 is 0 Å². The minimum absolute atomic E-state index is 0.0196. The molecule has 1 amide bonds. The Morgan fingerprint density at radius 1 is 1.28 bits per heavy atom. The lowest BCUT2D eigenvalue weighted by atomic mass is 10.1. The molecule has 1 aromatic carbocycles. The van der Waals surface area contributed by atoms with E-state index in [1.165, 1.54) is 6.07 Å². The molecule has 7 heteroatoms. The summed E-state index contributed by atoms with van der Waals surface area (Å²) >= 11 is 0. The molecule has 0 spiro atoms. The van der Waals surface area contributed by atoms with Crippen molar-refractivity contribution < 1.29 is 14.5 Å². The monoisotopic (exact) mass is 347 g/mol. The number of carbonyl (C=O) groups excluding carboxylic acids is 1. The Morgan fingerprint density at radius 2 is 2.04 bits per heavy atom. The molecule has 0 radical (unpaired) electrons. The Hall–Kier alpha value is -2.15. The predicted octanol–water partition coefficient (Wildman–Crippen LogP) is 2.84. The van der Waals surface area contributed by atoms with Crippen LogP contribution in [0.3, 0.4) is 0 Å². The Morgan fingerprint density at radius 3 is 2.72 bits per heavy atom. The number of hydrogen-bond donors (Lipinski definition) is 0. The Kier molecular flexibility index (Phi) is 5.53. The number of likely N-dealkylation sites (tertiary alicyclic amines) is 1. The minimum Gasteiger partial charge on any atom is -0.377 e. The maximum Gasteiger partial charge on any atom is 0.293 e. The fourth-order valence-electron chi connectivity index (χ4n) is 3.71. The molecule has 7 nitrogen and oxygen atoms in total. The van der Waals surface area contributed by atoms with E-state index in [9.17, 15) is 14.9 Å². The third-order valence-corrected chi connectivity index (χ3v) is 4.93. The van der Waals surface area contributed by atoms with E-state index in [-0.39, 0.29) is 22.6 Å². The van der Waals surface area contributed by atoms with E-state index in [1.54, 1.807) is 17.0 Å². The number of anilines is 1. The molecule has 1 atom stereocenters. The Balaban J connectivity index is 1.80. The Labute approximate surface area is 147 Å². The number of benzene rings is 1. The van der Waals surface area contributed by atoms with Gasteiger partial charge in [0.05, 0.1) is 11.0 Å². The first kappa shape index (κ1) is 17.7. The molecular formula is C18H25N3O4. The largest absolute Gasteiger partial charge is 0.377 e. The van der Waals surface area contributed by atoms with E-state index in [4.69, 9.17) is 4.74 Å². The minimum atomic E-state index is -0.385. The van der Waals surface area contributed by atoms with Crippen molar-refractivity contribution in [3.05, 3.63) is 33.9 Å². The zero-order chi connectivity index (χ0) is 17.8. The molecule has 1 unspecified atom stereocenters. The fourth-order valence-corrected chi connectivity index (χ4v) is 3.71. The van der Waals surface area contributed by atoms with Crippen LogP contribution in [0.1, 0.15) is 43.0 Å². The fraction of sp³-hybridized carbons (Fsp3) is 0.611. The van der Waals surface area contributed by atoms with Crippen molar-refractivity contribution in [2.24, 2.45) is 0 Å². The maximum absolute atomic E-state index is 12.8. The number of ether oxygens (including phenoxy) is 1. The number of nitro groups is 1. The van der Waals surface area contributed by atoms with Crippen LogP contribution in [0.25, 0.3) is 0 Å². The van der Waals surface area contributed by atoms with Gasteiger partial charge in [-0.3, -0.25) is 14.9 Å². The summed E-state index contributed by atoms with van der Waals surface area (Å²) in [5, 5.41) is 11.5. The second kappa shape index (κ2) is 7.82. The number of nitro benzene ring substituents is 1. The second-order valence-corrected chi connectivity index (χ2v) is 6.63. The summed E-state index contributed by atoms with van der Waals surface area (Å²) in [6.07, 6.45) is 3.99. The van der Waals surface area contributed by atoms with Crippen molar-refractivity contribution in [2.45, 2.75) is 38.7 Å². The maximum atomic E-state index is 12.8. The highest BCUT2D eigenvalue weighted by molar-refractivity contribution is 5.96. The van der Waals surface area contributed by atoms with Gasteiger partial charge in [0, 0.05) is 44.4 Å². The molecule has 0 bridgehead atoms. The number of amides is 1. The predicted molar refractivity (Wildman–Crippen MR) is 95.1 cm³/mol. The van der Waals surface area contributed by atoms with Crippen molar-refractivity contribution in [3.8, 4) is 0 Å². The molecule has 2 aliphatic rings. The summed E-state index contributed by atoms with van der Waals surface area (Å²) in [4.78, 5) is 27.7. The van der Waals surface area contributed by atoms with Crippen LogP contribution < -0.4 is 4.90 Å². The van der Waals surface area contributed by atoms with Gasteiger partial charge in [0.15, 0.2) is 0 Å². The first-order chi connectivity index (χ1) is 12.1. The summed E-state index contributed by atoms with van der Waals surface area (Å²) in [7, 11) is 0. The Bertz CT molecular complexity index is 641. The van der Waals surface area contributed by atoms with Crippen LogP contribution in [0.15, 0.2) is 18.2 Å². The van der Waals surface area contributed by atoms with Gasteiger partial charge in [0.25, 0.3) is 11.6 Å². The number of nitrogens with zero attached hydrogens (tertiary/aromatic N) is 3. The smallest absolute Gasteiger partial charge is 0.293 e. The number of rotatable bonds is 5. The third kappa shape index (κ3) is 3.92. The van der Waals surface area contributed by atoms with E-state index < -0.39 is 0 Å². The second-order valence-electron chi connectivity index (χ2n) is 6.63. The van der Waals surface area contributed by atoms with Gasteiger partial charge in [-0.25, -0.2) is 0 Å². The van der Waals surface area contributed by atoms with Crippen molar-refractivity contribution in [1.82, 2.24) is 4.90 Å². The summed E-state index contributed by atoms with van der Waals surface area (Å²) in [5.74, 6) is -0.152. The lowest BCUT2D eigenvalue weighted by molar-refractivity contribution is -0.384. The SMILES string of the molecule is CCOC1CCCN(C(=O)c2ccc(N3CCCC3)c([N+](=O)[O-])c2)C1. The molecule has 25 heavy (non-hydrogen) atoms. The molecule has 0 saturated carbocycles. The number of carbonyl (C=O) groups is 1. The van der Waals surface area contributed by atoms with Crippen molar-refractivity contribution in [3.63, 3.8) is 0 Å². The quantitative estimate of drug-likeness (QED) is 0.605. The van der Waals surface area contributed by atoms with Crippen LogP contribution in [0, 0.1) is 10.1 Å². The lowest BCUT2D eigenvalue weighted by Gasteiger charge is -2.32. The van der Waals surface area contributed by atoms with Crippen LogP contribution in [0.5, 0.6) is 0 Å². The molecule has 2 saturated heterocycles. The van der Waals surface area contributed by atoms with Crippen LogP contribution in [-0.2, 0) is 4.74 Å². The highest BCUT2D eigenvalue weighted by atomic mass is 16.6. The van der Waals surface area contributed by atoms with E-state index in [0.717, 1.165) is 38.8 Å². The van der Waals surface area contributed by atoms with E-state index in [0.29, 0.717) is 30.9 Å². The van der Waals surface area contributed by atoms with Gasteiger partial charge in [-0.1, -0.05) is 0 Å². The molecule has 0 aromatic heterocycles. The lowest BCUT2D eigenvalue weighted by Crippen LogP contribution is -2.43. The summed E-state index contributed by atoms with van der Waals surface area (Å²) in [6.45, 7) is 5.45. The molecule has 1 aromatic rings. The van der Waals surface area contributed by atoms with Crippen molar-refractivity contribution in [2.75, 3.05) is 37.7 Å². The average Bonchev–Trinajstić information content (AvgIpc) is 3.15. The highest BCUT2D eigenvalue weighted by Gasteiger charge is 2.28. The van der Waals surface area contributed by atoms with Crippen LogP contribution in [0.4, 0.5) is 11.4 Å². The van der Waals surface area contributed by atoms with Gasteiger partial charge in [-0.05, 0) is 44.7 Å². The molecule has 0 aliphatic carbocycles. The van der Waals surface area contributed by atoms with E-state index in [1.807, 2.05) is 11.8 Å². The third-order valence-electron chi connectivity index (χ3n) is 4.93. The van der Waals surface area contributed by atoms with Crippen LogP contribution >= 0.6 is 0 Å². The van der Waals surface area contributed by atoms with Crippen molar-refractivity contribution >= 4 is 17.3 Å². The van der Waals surface area contributed by atoms with Crippen molar-refractivity contribution in [1.29, 1.82) is 0 Å². The molecule has 136 valence electrons. The van der Waals surface area contributed by atoms with Gasteiger partial charge in [-0.2, -0.15) is 0 Å². The van der Waals surface area contributed by atoms with Crippen LogP contribution in [0.2, 0.25) is 0 Å². The summed E-state index contributed by atoms with van der Waals surface area (Å²) in [6, 6.07) is 4.87. The van der Waals surface area contributed by atoms with Crippen LogP contribution in [-0.4, -0.2) is 54.6 Å². The normalized spacial score (nSPS) is 20.8. The molecule has 2 aliphatic heterocycles. The first-order valence-corrected chi connectivity index (χ1v) is 9.04. The first-order valence-electron chi connectivity index (χ1n) is 9.04. The number of piperidine rings is 1.